The molecule has 192 valence electrons. The summed E-state index contributed by atoms with van der Waals surface area (Å²) in [4.78, 5) is 26.3. The number of carbonyl (C=O) groups is 1. The van der Waals surface area contributed by atoms with E-state index in [1.54, 1.807) is 48.7 Å². The number of hydrogen-bond donors (Lipinski definition) is 3. The van der Waals surface area contributed by atoms with Crippen LogP contribution in [0.3, 0.4) is 0 Å². The van der Waals surface area contributed by atoms with E-state index in [1.165, 1.54) is 6.07 Å². The number of halogens is 2. The van der Waals surface area contributed by atoms with E-state index < -0.39 is 0 Å². The predicted octanol–water partition coefficient (Wildman–Crippen LogP) is 5.37. The van der Waals surface area contributed by atoms with Gasteiger partial charge in [-0.15, -0.1) is 0 Å². The minimum Gasteiger partial charge on any atom is -0.352 e. The summed E-state index contributed by atoms with van der Waals surface area (Å²) in [6, 6.07) is 19.1. The van der Waals surface area contributed by atoms with Crippen molar-refractivity contribution in [1.29, 1.82) is 0 Å². The second-order valence-electron chi connectivity index (χ2n) is 8.82. The first-order chi connectivity index (χ1) is 18.5. The summed E-state index contributed by atoms with van der Waals surface area (Å²) >= 11 is 6.34. The monoisotopic (exact) mass is 528 g/mol. The number of carbonyl (C=O) groups excluding carboxylic acids is 1. The van der Waals surface area contributed by atoms with Crippen molar-refractivity contribution in [3.05, 3.63) is 106 Å². The normalized spacial score (nSPS) is 12.1. The first-order valence-corrected chi connectivity index (χ1v) is 12.7. The summed E-state index contributed by atoms with van der Waals surface area (Å²) in [5, 5.41) is 9.69. The lowest BCUT2D eigenvalue weighted by Gasteiger charge is -2.13. The van der Waals surface area contributed by atoms with Crippen molar-refractivity contribution in [2.24, 2.45) is 4.99 Å². The average Bonchev–Trinajstić information content (AvgIpc) is 3.08. The number of aromatic nitrogens is 2. The number of benzene rings is 3. The van der Waals surface area contributed by atoms with Gasteiger partial charge in [-0.2, -0.15) is 0 Å². The van der Waals surface area contributed by atoms with Gasteiger partial charge in [0.25, 0.3) is 5.91 Å². The molecule has 0 saturated heterocycles. The fourth-order valence-corrected chi connectivity index (χ4v) is 4.44. The Bertz CT molecular complexity index is 1510. The lowest BCUT2D eigenvalue weighted by molar-refractivity contribution is 0.0953. The molecule has 1 aliphatic rings. The van der Waals surface area contributed by atoms with Gasteiger partial charge in [-0.3, -0.25) is 9.79 Å². The van der Waals surface area contributed by atoms with E-state index in [2.05, 4.69) is 20.9 Å². The summed E-state index contributed by atoms with van der Waals surface area (Å²) in [6.07, 6.45) is 2.59. The number of amides is 1. The van der Waals surface area contributed by atoms with Gasteiger partial charge in [0.2, 0.25) is 5.95 Å². The van der Waals surface area contributed by atoms with Gasteiger partial charge >= 0.3 is 0 Å². The van der Waals surface area contributed by atoms with Crippen LogP contribution in [-0.2, 0) is 6.54 Å². The highest BCUT2D eigenvalue weighted by Gasteiger charge is 2.23. The van der Waals surface area contributed by atoms with E-state index in [0.717, 1.165) is 29.8 Å². The third kappa shape index (κ3) is 5.56. The molecule has 5 rings (SSSR count). The number of anilines is 2. The quantitative estimate of drug-likeness (QED) is 0.267. The Balaban J connectivity index is 1.40. The van der Waals surface area contributed by atoms with Crippen LogP contribution in [0.15, 0.2) is 77.9 Å². The zero-order valence-corrected chi connectivity index (χ0v) is 21.5. The van der Waals surface area contributed by atoms with Gasteiger partial charge in [-0.05, 0) is 68.5 Å². The van der Waals surface area contributed by atoms with Crippen molar-refractivity contribution in [2.45, 2.75) is 13.0 Å². The summed E-state index contributed by atoms with van der Waals surface area (Å²) in [7, 11) is 1.88. The summed E-state index contributed by atoms with van der Waals surface area (Å²) in [6.45, 7) is 1.75. The minimum absolute atomic E-state index is 0.116. The van der Waals surface area contributed by atoms with E-state index in [9.17, 15) is 9.18 Å². The van der Waals surface area contributed by atoms with Gasteiger partial charge in [0.15, 0.2) is 0 Å². The Kier molecular flexibility index (Phi) is 7.72. The molecular formula is C29H26ClFN6O. The zero-order valence-electron chi connectivity index (χ0n) is 20.8. The van der Waals surface area contributed by atoms with Crippen molar-refractivity contribution in [2.75, 3.05) is 25.5 Å². The molecule has 3 N–H and O–H groups in total. The molecule has 1 aromatic heterocycles. The molecule has 1 aliphatic heterocycles. The third-order valence-electron chi connectivity index (χ3n) is 6.19. The largest absolute Gasteiger partial charge is 0.352 e. The van der Waals surface area contributed by atoms with Gasteiger partial charge in [0.05, 0.1) is 18.0 Å². The molecule has 0 radical (unpaired) electrons. The summed E-state index contributed by atoms with van der Waals surface area (Å²) < 4.78 is 14.7. The van der Waals surface area contributed by atoms with Crippen molar-refractivity contribution >= 4 is 34.9 Å². The minimum atomic E-state index is -0.355. The Hall–Kier alpha value is -4.14. The molecule has 38 heavy (non-hydrogen) atoms. The molecule has 7 nitrogen and oxygen atoms in total. The number of hydrogen-bond acceptors (Lipinski definition) is 6. The van der Waals surface area contributed by atoms with Crippen LogP contribution in [0.25, 0.3) is 11.3 Å². The molecular weight excluding hydrogens is 503 g/mol. The van der Waals surface area contributed by atoms with Crippen molar-refractivity contribution in [1.82, 2.24) is 20.6 Å². The molecule has 4 aromatic rings. The molecule has 0 spiro atoms. The predicted molar refractivity (Wildman–Crippen MR) is 149 cm³/mol. The maximum atomic E-state index is 14.7. The maximum absolute atomic E-state index is 14.7. The van der Waals surface area contributed by atoms with Crippen LogP contribution in [0.4, 0.5) is 16.0 Å². The van der Waals surface area contributed by atoms with Gasteiger partial charge in [-0.1, -0.05) is 29.8 Å². The smallest absolute Gasteiger partial charge is 0.251 e. The van der Waals surface area contributed by atoms with E-state index in [0.29, 0.717) is 52.2 Å². The number of fused-ring (bicyclic) bond motifs is 3. The molecule has 0 atom stereocenters. The van der Waals surface area contributed by atoms with E-state index >= 15 is 0 Å². The second kappa shape index (κ2) is 11.5. The van der Waals surface area contributed by atoms with Gasteiger partial charge in [0.1, 0.15) is 5.82 Å². The highest BCUT2D eigenvalue weighted by molar-refractivity contribution is 6.31. The Morgan fingerprint density at radius 2 is 1.82 bits per heavy atom. The first-order valence-electron chi connectivity index (χ1n) is 12.3. The van der Waals surface area contributed by atoms with E-state index in [-0.39, 0.29) is 11.7 Å². The van der Waals surface area contributed by atoms with Crippen LogP contribution in [0.2, 0.25) is 5.02 Å². The number of nitrogens with one attached hydrogen (secondary N) is 3. The number of rotatable bonds is 8. The van der Waals surface area contributed by atoms with Crippen LogP contribution < -0.4 is 16.0 Å². The molecule has 0 bridgehead atoms. The Labute approximate surface area is 225 Å². The van der Waals surface area contributed by atoms with Crippen molar-refractivity contribution < 1.29 is 9.18 Å². The lowest BCUT2D eigenvalue weighted by atomic mass is 9.95. The maximum Gasteiger partial charge on any atom is 0.251 e. The van der Waals surface area contributed by atoms with Crippen LogP contribution in [0.1, 0.15) is 33.5 Å². The molecule has 2 heterocycles. The van der Waals surface area contributed by atoms with Crippen LogP contribution in [0, 0.1) is 5.82 Å². The Morgan fingerprint density at radius 3 is 2.61 bits per heavy atom. The highest BCUT2D eigenvalue weighted by Crippen LogP contribution is 2.34. The van der Waals surface area contributed by atoms with Crippen LogP contribution in [0.5, 0.6) is 0 Å². The van der Waals surface area contributed by atoms with Crippen molar-refractivity contribution in [3.8, 4) is 11.3 Å². The molecule has 0 fully saturated rings. The SMILES string of the molecule is CNCCCNC(=O)c1ccc(Nc2ncc3c(n2)-c2ccc(Cl)cc2C(c2ccccc2F)=NC3)cc1. The molecule has 3 aromatic carbocycles. The van der Waals surface area contributed by atoms with Crippen LogP contribution >= 0.6 is 11.6 Å². The molecule has 0 aliphatic carbocycles. The molecule has 0 saturated carbocycles. The summed E-state index contributed by atoms with van der Waals surface area (Å²) in [5.74, 6) is -0.0789. The molecule has 1 amide bonds. The van der Waals surface area contributed by atoms with E-state index in [4.69, 9.17) is 21.6 Å². The van der Waals surface area contributed by atoms with E-state index in [1.807, 2.05) is 25.2 Å². The van der Waals surface area contributed by atoms with Crippen LogP contribution in [-0.4, -0.2) is 41.7 Å². The fraction of sp³-hybridized carbons (Fsp3) is 0.172. The average molecular weight is 529 g/mol. The molecule has 0 unspecified atom stereocenters. The summed E-state index contributed by atoms with van der Waals surface area (Å²) in [5.41, 5.74) is 5.25. The van der Waals surface area contributed by atoms with Gasteiger partial charge in [-0.25, -0.2) is 14.4 Å². The zero-order chi connectivity index (χ0) is 26.5. The molecule has 9 heteroatoms. The highest BCUT2D eigenvalue weighted by atomic mass is 35.5. The lowest BCUT2D eigenvalue weighted by Crippen LogP contribution is -2.26. The number of nitrogens with zero attached hydrogens (tertiary/aromatic N) is 3. The van der Waals surface area contributed by atoms with Gasteiger partial charge in [0, 0.05) is 51.3 Å². The topological polar surface area (TPSA) is 91.3 Å². The fourth-order valence-electron chi connectivity index (χ4n) is 4.27. The standard InChI is InChI=1S/C29H26ClFN6O/c1-32-13-4-14-33-28(38)18-7-10-21(11-8-18)36-29-35-17-19-16-34-27(23-5-2-3-6-25(23)31)24-15-20(30)9-12-22(24)26(19)37-29/h2-3,5-12,15,17,32H,4,13-14,16H2,1H3,(H,33,38)(H,35,36,37). The second-order valence-corrected chi connectivity index (χ2v) is 9.25. The van der Waals surface area contributed by atoms with Gasteiger partial charge < -0.3 is 16.0 Å². The number of aliphatic imine (C=N–C) groups is 1. The van der Waals surface area contributed by atoms with Crippen molar-refractivity contribution in [3.63, 3.8) is 0 Å². The third-order valence-corrected chi connectivity index (χ3v) is 6.42. The Morgan fingerprint density at radius 1 is 1.00 bits per heavy atom. The first kappa shape index (κ1) is 25.5.